The minimum Gasteiger partial charge on any atom is -0.326 e. The third kappa shape index (κ3) is 2.45. The van der Waals surface area contributed by atoms with Gasteiger partial charge in [0.05, 0.1) is 6.54 Å². The van der Waals surface area contributed by atoms with Crippen LogP contribution < -0.4 is 5.32 Å². The molecule has 4 nitrogen and oxygen atoms in total. The minimum atomic E-state index is -0.396. The Morgan fingerprint density at radius 1 is 1.14 bits per heavy atom. The maximum absolute atomic E-state index is 12.5. The summed E-state index contributed by atoms with van der Waals surface area (Å²) < 4.78 is 0. The van der Waals surface area contributed by atoms with Crippen LogP contribution in [0.15, 0.2) is 42.5 Å². The number of benzene rings is 2. The molecule has 1 aliphatic heterocycles. The van der Waals surface area contributed by atoms with Crippen LogP contribution >= 0.6 is 0 Å². The lowest BCUT2D eigenvalue weighted by atomic mass is 9.99. The van der Waals surface area contributed by atoms with Gasteiger partial charge in [-0.1, -0.05) is 62.7 Å². The molecule has 0 spiro atoms. The van der Waals surface area contributed by atoms with Crippen LogP contribution in [-0.4, -0.2) is 22.9 Å². The molecule has 2 aromatic rings. The molecule has 3 rings (SSSR count). The average molecular weight is 296 g/mol. The summed E-state index contributed by atoms with van der Waals surface area (Å²) in [5.74, 6) is 0.0289. The van der Waals surface area contributed by atoms with Crippen LogP contribution in [0.3, 0.4) is 0 Å². The highest BCUT2D eigenvalue weighted by atomic mass is 16.2. The molecule has 0 saturated carbocycles. The highest BCUT2D eigenvalue weighted by Crippen LogP contribution is 2.23. The summed E-state index contributed by atoms with van der Waals surface area (Å²) in [6, 6.07) is 13.3. The van der Waals surface area contributed by atoms with E-state index in [2.05, 4.69) is 5.32 Å². The Balaban J connectivity index is 1.89. The summed E-state index contributed by atoms with van der Waals surface area (Å²) >= 11 is 0. The quantitative estimate of drug-likeness (QED) is 0.880. The van der Waals surface area contributed by atoms with E-state index in [1.54, 1.807) is 0 Å². The smallest absolute Gasteiger partial charge is 0.325 e. The fraction of sp³-hybridized carbons (Fsp3) is 0.333. The van der Waals surface area contributed by atoms with Crippen molar-refractivity contribution >= 4 is 22.7 Å². The molecule has 0 aliphatic carbocycles. The topological polar surface area (TPSA) is 49.4 Å². The van der Waals surface area contributed by atoms with Gasteiger partial charge in [-0.3, -0.25) is 9.69 Å². The van der Waals surface area contributed by atoms with Crippen molar-refractivity contribution in [3.05, 3.63) is 48.0 Å². The number of amides is 3. The average Bonchev–Trinajstić information content (AvgIpc) is 2.82. The highest BCUT2D eigenvalue weighted by Gasteiger charge is 2.40. The van der Waals surface area contributed by atoms with Crippen molar-refractivity contribution in [2.75, 3.05) is 0 Å². The molecule has 1 saturated heterocycles. The van der Waals surface area contributed by atoms with Crippen LogP contribution in [-0.2, 0) is 11.3 Å². The van der Waals surface area contributed by atoms with Crippen molar-refractivity contribution < 1.29 is 9.59 Å². The summed E-state index contributed by atoms with van der Waals surface area (Å²) in [6.45, 7) is 4.33. The zero-order valence-corrected chi connectivity index (χ0v) is 12.9. The Morgan fingerprint density at radius 2 is 1.86 bits per heavy atom. The number of carbonyl (C=O) groups is 2. The molecule has 1 fully saturated rings. The number of urea groups is 1. The Kier molecular flexibility index (Phi) is 3.84. The van der Waals surface area contributed by atoms with Gasteiger partial charge in [0.2, 0.25) is 0 Å². The minimum absolute atomic E-state index is 0.118. The van der Waals surface area contributed by atoms with Gasteiger partial charge in [0.1, 0.15) is 6.04 Å². The standard InChI is InChI=1S/C18H20N2O2/c1-3-12(2)16-17(21)20(18(22)19-16)11-14-9-6-8-13-7-4-5-10-15(13)14/h4-10,12,16H,3,11H2,1-2H3,(H,19,22)/t12-,16-/m0/s1. The molecule has 1 aliphatic rings. The molecule has 114 valence electrons. The van der Waals surface area contributed by atoms with Crippen LogP contribution in [0.2, 0.25) is 0 Å². The zero-order chi connectivity index (χ0) is 15.7. The van der Waals surface area contributed by atoms with Gasteiger partial charge in [0.15, 0.2) is 0 Å². The molecule has 0 unspecified atom stereocenters. The van der Waals surface area contributed by atoms with E-state index in [0.717, 1.165) is 22.8 Å². The molecule has 2 aromatic carbocycles. The number of carbonyl (C=O) groups excluding carboxylic acids is 2. The predicted octanol–water partition coefficient (Wildman–Crippen LogP) is 3.31. The van der Waals surface area contributed by atoms with Crippen LogP contribution in [0.25, 0.3) is 10.8 Å². The second-order valence-corrected chi connectivity index (χ2v) is 5.88. The van der Waals surface area contributed by atoms with Crippen LogP contribution in [0, 0.1) is 5.92 Å². The number of nitrogens with zero attached hydrogens (tertiary/aromatic N) is 1. The summed E-state index contributed by atoms with van der Waals surface area (Å²) in [7, 11) is 0. The molecule has 4 heteroatoms. The zero-order valence-electron chi connectivity index (χ0n) is 12.9. The molecule has 0 bridgehead atoms. The second-order valence-electron chi connectivity index (χ2n) is 5.88. The fourth-order valence-electron chi connectivity index (χ4n) is 2.91. The van der Waals surface area contributed by atoms with Crippen molar-refractivity contribution in [2.45, 2.75) is 32.9 Å². The van der Waals surface area contributed by atoms with Gasteiger partial charge in [-0.2, -0.15) is 0 Å². The Hall–Kier alpha value is -2.36. The first-order valence-corrected chi connectivity index (χ1v) is 7.70. The van der Waals surface area contributed by atoms with Crippen LogP contribution in [0.4, 0.5) is 4.79 Å². The number of fused-ring (bicyclic) bond motifs is 1. The van der Waals surface area contributed by atoms with Crippen molar-refractivity contribution in [3.63, 3.8) is 0 Å². The van der Waals surface area contributed by atoms with Gasteiger partial charge in [-0.25, -0.2) is 4.79 Å². The largest absolute Gasteiger partial charge is 0.326 e. The molecule has 3 amide bonds. The molecule has 22 heavy (non-hydrogen) atoms. The fourth-order valence-corrected chi connectivity index (χ4v) is 2.91. The lowest BCUT2D eigenvalue weighted by Gasteiger charge is -2.17. The van der Waals surface area contributed by atoms with E-state index in [9.17, 15) is 9.59 Å². The van der Waals surface area contributed by atoms with E-state index in [0.29, 0.717) is 6.54 Å². The van der Waals surface area contributed by atoms with E-state index in [1.165, 1.54) is 4.90 Å². The number of rotatable bonds is 4. The number of imide groups is 1. The van der Waals surface area contributed by atoms with Crippen LogP contribution in [0.1, 0.15) is 25.8 Å². The van der Waals surface area contributed by atoms with Gasteiger partial charge >= 0.3 is 6.03 Å². The predicted molar refractivity (Wildman–Crippen MR) is 86.3 cm³/mol. The van der Waals surface area contributed by atoms with E-state index < -0.39 is 6.04 Å². The lowest BCUT2D eigenvalue weighted by Crippen LogP contribution is -2.35. The monoisotopic (exact) mass is 296 g/mol. The first-order valence-electron chi connectivity index (χ1n) is 7.70. The molecule has 1 heterocycles. The van der Waals surface area contributed by atoms with Crippen molar-refractivity contribution in [1.82, 2.24) is 10.2 Å². The molecule has 0 radical (unpaired) electrons. The van der Waals surface area contributed by atoms with Gasteiger partial charge in [0.25, 0.3) is 5.91 Å². The van der Waals surface area contributed by atoms with E-state index >= 15 is 0 Å². The van der Waals surface area contributed by atoms with Crippen LogP contribution in [0.5, 0.6) is 0 Å². The molecular formula is C18H20N2O2. The third-order valence-electron chi connectivity index (χ3n) is 4.48. The second kappa shape index (κ2) is 5.79. The molecule has 1 N–H and O–H groups in total. The van der Waals surface area contributed by atoms with Gasteiger partial charge in [0, 0.05) is 0 Å². The first-order chi connectivity index (χ1) is 10.6. The SMILES string of the molecule is CC[C@H](C)[C@@H]1NC(=O)N(Cc2cccc3ccccc23)C1=O. The van der Waals surface area contributed by atoms with Gasteiger partial charge in [-0.05, 0) is 22.3 Å². The highest BCUT2D eigenvalue weighted by molar-refractivity contribution is 6.04. The normalized spacial score (nSPS) is 19.5. The number of hydrogen-bond donors (Lipinski definition) is 1. The van der Waals surface area contributed by atoms with E-state index in [4.69, 9.17) is 0 Å². The summed E-state index contributed by atoms with van der Waals surface area (Å²) in [4.78, 5) is 26.0. The number of nitrogens with one attached hydrogen (secondary N) is 1. The maximum Gasteiger partial charge on any atom is 0.325 e. The maximum atomic E-state index is 12.5. The summed E-state index contributed by atoms with van der Waals surface area (Å²) in [6.07, 6.45) is 0.860. The van der Waals surface area contributed by atoms with Crippen molar-refractivity contribution in [3.8, 4) is 0 Å². The summed E-state index contributed by atoms with van der Waals surface area (Å²) in [5.41, 5.74) is 0.992. The Labute approximate surface area is 130 Å². The van der Waals surface area contributed by atoms with Crippen molar-refractivity contribution in [2.24, 2.45) is 5.92 Å². The van der Waals surface area contributed by atoms with E-state index in [-0.39, 0.29) is 17.9 Å². The summed E-state index contributed by atoms with van der Waals surface area (Å²) in [5, 5.41) is 5.01. The Bertz CT molecular complexity index is 721. The third-order valence-corrected chi connectivity index (χ3v) is 4.48. The van der Waals surface area contributed by atoms with Gasteiger partial charge < -0.3 is 5.32 Å². The first kappa shape index (κ1) is 14.6. The molecular weight excluding hydrogens is 276 g/mol. The Morgan fingerprint density at radius 3 is 2.64 bits per heavy atom. The van der Waals surface area contributed by atoms with E-state index in [1.807, 2.05) is 56.3 Å². The van der Waals surface area contributed by atoms with Crippen molar-refractivity contribution in [1.29, 1.82) is 0 Å². The van der Waals surface area contributed by atoms with Gasteiger partial charge in [-0.15, -0.1) is 0 Å². The lowest BCUT2D eigenvalue weighted by molar-refractivity contribution is -0.128. The number of hydrogen-bond acceptors (Lipinski definition) is 2. The molecule has 2 atom stereocenters. The molecule has 0 aromatic heterocycles.